The van der Waals surface area contributed by atoms with Gasteiger partial charge in [-0.3, -0.25) is 52.8 Å². The summed E-state index contributed by atoms with van der Waals surface area (Å²) in [6.45, 7) is 19.8. The van der Waals surface area contributed by atoms with Crippen molar-refractivity contribution in [2.24, 2.45) is 53.1 Å². The highest BCUT2D eigenvalue weighted by Gasteiger charge is 2.44. The second-order valence-electron chi connectivity index (χ2n) is 28.8. The van der Waals surface area contributed by atoms with E-state index in [4.69, 9.17) is 15.2 Å². The summed E-state index contributed by atoms with van der Waals surface area (Å²) in [6.07, 6.45) is 3.63. The quantitative estimate of drug-likeness (QED) is 0.0343. The number of urea groups is 1. The molecule has 100 heavy (non-hydrogen) atoms. The zero-order chi connectivity index (χ0) is 74.5. The van der Waals surface area contributed by atoms with Gasteiger partial charge in [-0.15, -0.1) is 0 Å². The number of amides is 9. The molecule has 7 N–H and O–H groups in total. The standard InChI is InChI=1S/C76H119N11O13/c1-16-50(9)70(85(13)75(97)68(48(5)6)83-74(96)69(49(7)8)84(11)12)63(99-14)45-66(93)87-40-22-27-59(87)71(100-15)51(10)61(89)44-56(42-52-24-19-18-20-25-52)72(94)80-46-53-28-32-57(33-29-53)81-73(95)55(26-21-39-79-76(78)98)43-62(90)67(47(3)4)82-64(91)36-37-65(92)86(41-23-38-77)58-34-30-54(31-35-58)60(88)17-2/h18-20,24-25,28-29,32-33,47-51,54-56,58-59,63,67-71H,16-17,21-23,26-27,30-31,34-37,39-46H2,1-15H3,(H,80,94)(H,81,95)(H,82,91)(H,83,96)(H3,78,79,98)/t50-,51-,54?,55+,56+,58?,59-,63+,67-,68-,69-,70-,71+/m0/s1. The summed E-state index contributed by atoms with van der Waals surface area (Å²) >= 11 is 0. The lowest BCUT2D eigenvalue weighted by molar-refractivity contribution is -0.148. The lowest BCUT2D eigenvalue weighted by atomic mass is 9.82. The van der Waals surface area contributed by atoms with Gasteiger partial charge in [0.15, 0.2) is 5.78 Å². The fourth-order valence-electron chi connectivity index (χ4n) is 14.5. The number of benzene rings is 2. The van der Waals surface area contributed by atoms with Gasteiger partial charge in [-0.25, -0.2) is 4.79 Å². The van der Waals surface area contributed by atoms with Crippen LogP contribution in [-0.4, -0.2) is 188 Å². The zero-order valence-electron chi connectivity index (χ0n) is 62.4. The monoisotopic (exact) mass is 1390 g/mol. The summed E-state index contributed by atoms with van der Waals surface area (Å²) in [4.78, 5) is 158. The lowest BCUT2D eigenvalue weighted by Crippen LogP contribution is -2.59. The smallest absolute Gasteiger partial charge is 0.312 e. The van der Waals surface area contributed by atoms with Crippen molar-refractivity contribution in [2.45, 2.75) is 233 Å². The third-order valence-corrected chi connectivity index (χ3v) is 20.3. The van der Waals surface area contributed by atoms with E-state index >= 15 is 0 Å². The third-order valence-electron chi connectivity index (χ3n) is 20.3. The van der Waals surface area contributed by atoms with Crippen LogP contribution in [0.25, 0.3) is 0 Å². The minimum atomic E-state index is -0.989. The Morgan fingerprint density at radius 1 is 0.700 bits per heavy atom. The number of anilines is 1. The van der Waals surface area contributed by atoms with Crippen molar-refractivity contribution < 1.29 is 62.2 Å². The van der Waals surface area contributed by atoms with Gasteiger partial charge in [0.2, 0.25) is 41.4 Å². The molecule has 2 fully saturated rings. The number of hydrogen-bond donors (Lipinski definition) is 6. The summed E-state index contributed by atoms with van der Waals surface area (Å²) in [5, 5.41) is 23.6. The van der Waals surface area contributed by atoms with Crippen molar-refractivity contribution in [2.75, 3.05) is 60.3 Å². The first-order valence-electron chi connectivity index (χ1n) is 36.3. The number of nitrogens with two attached hydrogens (primary N) is 1. The maximum atomic E-state index is 14.7. The molecule has 9 amide bonds. The Labute approximate surface area is 594 Å². The third kappa shape index (κ3) is 25.8. The number of ether oxygens (including phenoxy) is 2. The number of rotatable bonds is 43. The van der Waals surface area contributed by atoms with E-state index in [0.29, 0.717) is 75.6 Å². The van der Waals surface area contributed by atoms with Crippen LogP contribution in [0.5, 0.6) is 0 Å². The van der Waals surface area contributed by atoms with Gasteiger partial charge < -0.3 is 56.5 Å². The Morgan fingerprint density at radius 2 is 1.34 bits per heavy atom. The number of Topliss-reactive ketones (excluding diaryl/α,β-unsaturated/α-hetero) is 3. The number of methoxy groups -OCH3 is 2. The molecule has 2 aromatic rings. The molecule has 1 saturated heterocycles. The van der Waals surface area contributed by atoms with Crippen molar-refractivity contribution >= 4 is 70.4 Å². The summed E-state index contributed by atoms with van der Waals surface area (Å²) in [6, 6.07) is 14.2. The van der Waals surface area contributed by atoms with E-state index in [1.165, 1.54) is 14.2 Å². The highest BCUT2D eigenvalue weighted by Crippen LogP contribution is 2.33. The van der Waals surface area contributed by atoms with Crippen molar-refractivity contribution in [1.82, 2.24) is 40.9 Å². The molecule has 2 aliphatic rings. The zero-order valence-corrected chi connectivity index (χ0v) is 62.4. The molecular formula is C76H119N11O13. The van der Waals surface area contributed by atoms with Gasteiger partial charge >= 0.3 is 6.03 Å². The fourth-order valence-corrected chi connectivity index (χ4v) is 14.5. The van der Waals surface area contributed by atoms with Crippen LogP contribution in [0.3, 0.4) is 0 Å². The molecule has 1 aliphatic carbocycles. The molecule has 1 saturated carbocycles. The van der Waals surface area contributed by atoms with E-state index in [-0.39, 0.29) is 148 Å². The molecule has 24 heteroatoms. The number of carbonyl (C=O) groups is 11. The SMILES string of the molecule is CCC(=O)C1CCC(N(CCC#N)C(=O)CCC(=O)N[C@H](C(=O)C[C@@H](CCCNC(N)=O)C(=O)Nc2ccc(CNC(=O)[C@@H](CC(=O)[C@H](C)[C@@H](OC)[C@@H]3CCCN3C(=O)C[C@@H](OC)[C@H]([C@@H](C)CC)N(C)C(=O)[C@@H](NC(=O)[C@H](C(C)C)N(C)C)C(C)C)Cc3ccccc3)cc2)C(C)C)CC1. The fraction of sp³-hybridized carbons (Fsp3) is 0.684. The predicted octanol–water partition coefficient (Wildman–Crippen LogP) is 7.93. The van der Waals surface area contributed by atoms with Crippen molar-refractivity contribution in [3.8, 4) is 6.07 Å². The van der Waals surface area contributed by atoms with Gasteiger partial charge in [0.1, 0.15) is 17.6 Å². The molecule has 1 heterocycles. The Morgan fingerprint density at radius 3 is 1.90 bits per heavy atom. The number of ketones is 3. The molecule has 4 rings (SSSR count). The number of nitriles is 1. The van der Waals surface area contributed by atoms with Gasteiger partial charge in [0.25, 0.3) is 0 Å². The topological polar surface area (TPSA) is 329 Å². The first-order valence-corrected chi connectivity index (χ1v) is 36.3. The maximum absolute atomic E-state index is 14.7. The number of nitrogens with one attached hydrogen (secondary N) is 5. The van der Waals surface area contributed by atoms with Gasteiger partial charge in [0, 0.05) is 115 Å². The summed E-state index contributed by atoms with van der Waals surface area (Å²) in [7, 11) is 8.45. The average molecular weight is 1390 g/mol. The van der Waals surface area contributed by atoms with E-state index < -0.39 is 83.8 Å². The van der Waals surface area contributed by atoms with E-state index in [2.05, 4.69) is 32.7 Å². The number of hydrogen-bond acceptors (Lipinski definition) is 15. The van der Waals surface area contributed by atoms with Crippen molar-refractivity contribution in [3.63, 3.8) is 0 Å². The van der Waals surface area contributed by atoms with E-state index in [9.17, 15) is 58.0 Å². The first-order chi connectivity index (χ1) is 47.4. The molecule has 1 aliphatic heterocycles. The Balaban J connectivity index is 1.44. The van der Waals surface area contributed by atoms with Gasteiger partial charge in [-0.05, 0) is 119 Å². The Kier molecular flexibility index (Phi) is 36.1. The van der Waals surface area contributed by atoms with Gasteiger partial charge in [0.05, 0.1) is 55.3 Å². The highest BCUT2D eigenvalue weighted by atomic mass is 16.5. The molecule has 11 atom stereocenters. The summed E-state index contributed by atoms with van der Waals surface area (Å²) < 4.78 is 12.3. The number of primary amides is 1. The normalized spacial score (nSPS) is 18.4. The first kappa shape index (κ1) is 84.8. The minimum absolute atomic E-state index is 0.00454. The number of carbonyl (C=O) groups excluding carboxylic acids is 11. The molecule has 24 nitrogen and oxygen atoms in total. The average Bonchev–Trinajstić information content (AvgIpc) is 1.30. The molecular weight excluding hydrogens is 1270 g/mol. The summed E-state index contributed by atoms with van der Waals surface area (Å²) in [5.41, 5.74) is 7.26. The Hall–Kier alpha value is -7.62. The molecule has 2 aromatic carbocycles. The predicted molar refractivity (Wildman–Crippen MR) is 384 cm³/mol. The highest BCUT2D eigenvalue weighted by molar-refractivity contribution is 5.98. The van der Waals surface area contributed by atoms with Crippen LogP contribution in [0.4, 0.5) is 10.5 Å². The van der Waals surface area contributed by atoms with Crippen molar-refractivity contribution in [3.05, 3.63) is 65.7 Å². The van der Waals surface area contributed by atoms with Gasteiger partial charge in [-0.1, -0.05) is 118 Å². The van der Waals surface area contributed by atoms with E-state index in [0.717, 1.165) is 5.56 Å². The van der Waals surface area contributed by atoms with E-state index in [1.807, 2.05) is 97.8 Å². The van der Waals surface area contributed by atoms with Gasteiger partial charge in [-0.2, -0.15) is 5.26 Å². The number of likely N-dealkylation sites (tertiary alicyclic amines) is 1. The molecule has 0 unspecified atom stereocenters. The van der Waals surface area contributed by atoms with Crippen LogP contribution in [0.2, 0.25) is 0 Å². The summed E-state index contributed by atoms with van der Waals surface area (Å²) in [5.74, 6) is -5.93. The van der Waals surface area contributed by atoms with E-state index in [1.54, 1.807) is 66.8 Å². The largest absolute Gasteiger partial charge is 0.379 e. The maximum Gasteiger partial charge on any atom is 0.312 e. The number of likely N-dealkylation sites (N-methyl/N-ethyl adjacent to an activating group) is 2. The van der Waals surface area contributed by atoms with Crippen LogP contribution >= 0.6 is 0 Å². The molecule has 556 valence electrons. The second kappa shape index (κ2) is 42.6. The Bertz CT molecular complexity index is 3030. The second-order valence-corrected chi connectivity index (χ2v) is 28.8. The van der Waals surface area contributed by atoms with Crippen LogP contribution in [0, 0.1) is 58.7 Å². The minimum Gasteiger partial charge on any atom is -0.379 e. The van der Waals surface area contributed by atoms with Crippen LogP contribution in [-0.2, 0) is 70.4 Å². The van der Waals surface area contributed by atoms with Crippen LogP contribution in [0.15, 0.2) is 54.6 Å². The van der Waals surface area contributed by atoms with Crippen LogP contribution < -0.4 is 32.3 Å². The molecule has 0 aromatic heterocycles. The molecule has 0 bridgehead atoms. The van der Waals surface area contributed by atoms with Crippen LogP contribution in [0.1, 0.15) is 183 Å². The van der Waals surface area contributed by atoms with Crippen molar-refractivity contribution in [1.29, 1.82) is 5.26 Å². The molecule has 0 radical (unpaired) electrons. The molecule has 0 spiro atoms. The lowest BCUT2D eigenvalue weighted by Gasteiger charge is -2.41. The number of nitrogens with zero attached hydrogens (tertiary/aromatic N) is 5.